The number of benzene rings is 1. The highest BCUT2D eigenvalue weighted by Crippen LogP contribution is 2.25. The van der Waals surface area contributed by atoms with Crippen LogP contribution in [-0.4, -0.2) is 19.7 Å². The van der Waals surface area contributed by atoms with Crippen molar-refractivity contribution in [1.82, 2.24) is 19.7 Å². The molecule has 0 aliphatic carbocycles. The molecule has 0 aliphatic rings. The normalized spacial score (nSPS) is 10.8. The van der Waals surface area contributed by atoms with Crippen molar-refractivity contribution in [2.45, 2.75) is 6.92 Å². The molecule has 3 rings (SSSR count). The van der Waals surface area contributed by atoms with Crippen molar-refractivity contribution in [3.05, 3.63) is 36.2 Å². The highest BCUT2D eigenvalue weighted by molar-refractivity contribution is 5.91. The topological polar surface area (TPSA) is 81.7 Å². The molecule has 2 aromatic heterocycles. The van der Waals surface area contributed by atoms with E-state index >= 15 is 0 Å². The predicted molar refractivity (Wildman–Crippen MR) is 75.2 cm³/mol. The zero-order chi connectivity index (χ0) is 13.4. The molecule has 0 amide bonds. The third kappa shape index (κ3) is 2.08. The number of rotatable bonds is 2. The smallest absolute Gasteiger partial charge is 0.222 e. The molecule has 0 saturated carbocycles. The number of fused-ring (bicyclic) bond motifs is 1. The summed E-state index contributed by atoms with van der Waals surface area (Å²) in [6.07, 6.45) is 1.91. The molecule has 0 atom stereocenters. The molecule has 19 heavy (non-hydrogen) atoms. The van der Waals surface area contributed by atoms with Gasteiger partial charge in [-0.3, -0.25) is 4.68 Å². The summed E-state index contributed by atoms with van der Waals surface area (Å²) < 4.78 is 1.75. The summed E-state index contributed by atoms with van der Waals surface area (Å²) in [6, 6.07) is 7.74. The molecule has 96 valence electrons. The summed E-state index contributed by atoms with van der Waals surface area (Å²) in [5, 5.41) is 8.48. The molecule has 0 aliphatic heterocycles. The first-order chi connectivity index (χ1) is 9.13. The molecule has 0 spiro atoms. The fraction of sp³-hybridized carbons (Fsp3) is 0.154. The van der Waals surface area contributed by atoms with Crippen molar-refractivity contribution in [2.75, 3.05) is 11.1 Å². The highest BCUT2D eigenvalue weighted by atomic mass is 15.3. The Labute approximate surface area is 110 Å². The quantitative estimate of drug-likeness (QED) is 0.731. The van der Waals surface area contributed by atoms with Gasteiger partial charge >= 0.3 is 0 Å². The van der Waals surface area contributed by atoms with Crippen molar-refractivity contribution in [3.63, 3.8) is 0 Å². The van der Waals surface area contributed by atoms with E-state index in [4.69, 9.17) is 5.73 Å². The molecule has 0 fully saturated rings. The van der Waals surface area contributed by atoms with Crippen molar-refractivity contribution < 1.29 is 0 Å². The van der Waals surface area contributed by atoms with Crippen molar-refractivity contribution >= 4 is 28.4 Å². The van der Waals surface area contributed by atoms with Crippen LogP contribution in [-0.2, 0) is 7.05 Å². The van der Waals surface area contributed by atoms with Gasteiger partial charge in [0.05, 0.1) is 16.9 Å². The number of hydrogen-bond acceptors (Lipinski definition) is 5. The minimum absolute atomic E-state index is 0.253. The van der Waals surface area contributed by atoms with Crippen LogP contribution < -0.4 is 11.1 Å². The van der Waals surface area contributed by atoms with Crippen LogP contribution in [0, 0.1) is 6.92 Å². The third-order valence-corrected chi connectivity index (χ3v) is 2.89. The van der Waals surface area contributed by atoms with Crippen LogP contribution in [0.15, 0.2) is 30.5 Å². The molecule has 0 unspecified atom stereocenters. The van der Waals surface area contributed by atoms with Gasteiger partial charge in [-0.1, -0.05) is 12.1 Å². The fourth-order valence-corrected chi connectivity index (χ4v) is 2.04. The largest absolute Gasteiger partial charge is 0.368 e. The second kappa shape index (κ2) is 4.24. The highest BCUT2D eigenvalue weighted by Gasteiger charge is 2.09. The summed E-state index contributed by atoms with van der Waals surface area (Å²) in [4.78, 5) is 8.48. The van der Waals surface area contributed by atoms with Crippen molar-refractivity contribution in [3.8, 4) is 0 Å². The summed E-state index contributed by atoms with van der Waals surface area (Å²) in [5.74, 6) is 0.946. The lowest BCUT2D eigenvalue weighted by Gasteiger charge is -2.08. The van der Waals surface area contributed by atoms with Crippen molar-refractivity contribution in [2.24, 2.45) is 7.05 Å². The number of aromatic nitrogens is 4. The van der Waals surface area contributed by atoms with Gasteiger partial charge in [-0.15, -0.1) is 0 Å². The molecule has 0 bridgehead atoms. The Balaban J connectivity index is 2.12. The minimum atomic E-state index is 0.253. The predicted octanol–water partition coefficient (Wildman–Crippen LogP) is 2.00. The monoisotopic (exact) mass is 254 g/mol. The van der Waals surface area contributed by atoms with Crippen LogP contribution in [0.4, 0.5) is 17.5 Å². The molecule has 3 N–H and O–H groups in total. The zero-order valence-electron chi connectivity index (χ0n) is 10.8. The van der Waals surface area contributed by atoms with Gasteiger partial charge in [-0.25, -0.2) is 4.98 Å². The van der Waals surface area contributed by atoms with Gasteiger partial charge in [0, 0.05) is 18.6 Å². The second-order valence-electron chi connectivity index (χ2n) is 4.37. The van der Waals surface area contributed by atoms with Crippen LogP contribution >= 0.6 is 0 Å². The molecule has 0 radical (unpaired) electrons. The first-order valence-electron chi connectivity index (χ1n) is 5.93. The SMILES string of the molecule is Cc1nn(C)cc1Nc1nc(N)nc2ccccc12. The maximum absolute atomic E-state index is 5.74. The lowest BCUT2D eigenvalue weighted by atomic mass is 10.2. The van der Waals surface area contributed by atoms with E-state index in [-0.39, 0.29) is 5.95 Å². The molecular weight excluding hydrogens is 240 g/mol. The molecule has 2 heterocycles. The summed E-state index contributed by atoms with van der Waals surface area (Å²) >= 11 is 0. The lowest BCUT2D eigenvalue weighted by molar-refractivity contribution is 0.756. The average molecular weight is 254 g/mol. The molecule has 3 aromatic rings. The van der Waals surface area contributed by atoms with E-state index in [0.29, 0.717) is 5.82 Å². The molecule has 1 aromatic carbocycles. The number of nitrogens with zero attached hydrogens (tertiary/aromatic N) is 4. The van der Waals surface area contributed by atoms with E-state index in [2.05, 4.69) is 20.4 Å². The van der Waals surface area contributed by atoms with Gasteiger partial charge in [0.25, 0.3) is 0 Å². The van der Waals surface area contributed by atoms with Gasteiger partial charge in [0.2, 0.25) is 5.95 Å². The van der Waals surface area contributed by atoms with E-state index in [1.807, 2.05) is 44.4 Å². The number of nitrogens with two attached hydrogens (primary N) is 1. The van der Waals surface area contributed by atoms with Crippen molar-refractivity contribution in [1.29, 1.82) is 0 Å². The first-order valence-corrected chi connectivity index (χ1v) is 5.93. The fourth-order valence-electron chi connectivity index (χ4n) is 2.04. The van der Waals surface area contributed by atoms with E-state index in [9.17, 15) is 0 Å². The van der Waals surface area contributed by atoms with E-state index in [1.165, 1.54) is 0 Å². The molecular formula is C13H14N6. The number of nitrogen functional groups attached to an aromatic ring is 1. The number of anilines is 3. The van der Waals surface area contributed by atoms with E-state index in [1.54, 1.807) is 4.68 Å². The van der Waals surface area contributed by atoms with Gasteiger partial charge in [-0.2, -0.15) is 10.1 Å². The van der Waals surface area contributed by atoms with Crippen LogP contribution in [0.1, 0.15) is 5.69 Å². The summed E-state index contributed by atoms with van der Waals surface area (Å²) in [5.41, 5.74) is 8.37. The molecule has 0 saturated heterocycles. The van der Waals surface area contributed by atoms with Crippen LogP contribution in [0.25, 0.3) is 10.9 Å². The third-order valence-electron chi connectivity index (χ3n) is 2.89. The number of aryl methyl sites for hydroxylation is 2. The van der Waals surface area contributed by atoms with E-state index in [0.717, 1.165) is 22.3 Å². The van der Waals surface area contributed by atoms with E-state index < -0.39 is 0 Å². The van der Waals surface area contributed by atoms with Crippen LogP contribution in [0.2, 0.25) is 0 Å². The minimum Gasteiger partial charge on any atom is -0.368 e. The molecule has 6 heteroatoms. The maximum atomic E-state index is 5.74. The summed E-state index contributed by atoms with van der Waals surface area (Å²) in [7, 11) is 1.88. The van der Waals surface area contributed by atoms with Gasteiger partial charge in [0.1, 0.15) is 5.82 Å². The van der Waals surface area contributed by atoms with Gasteiger partial charge < -0.3 is 11.1 Å². The standard InChI is InChI=1S/C13H14N6/c1-8-11(7-19(2)18-8)15-12-9-5-3-4-6-10(9)16-13(14)17-12/h3-7H,1-2H3,(H3,14,15,16,17). The maximum Gasteiger partial charge on any atom is 0.222 e. The Morgan fingerprint density at radius 2 is 2.00 bits per heavy atom. The zero-order valence-corrected chi connectivity index (χ0v) is 10.8. The Kier molecular flexibility index (Phi) is 2.56. The van der Waals surface area contributed by atoms with Crippen LogP contribution in [0.3, 0.4) is 0 Å². The average Bonchev–Trinajstić information content (AvgIpc) is 2.67. The Hall–Kier alpha value is -2.63. The molecule has 6 nitrogen and oxygen atoms in total. The Morgan fingerprint density at radius 1 is 1.21 bits per heavy atom. The number of nitrogens with one attached hydrogen (secondary N) is 1. The Morgan fingerprint density at radius 3 is 2.74 bits per heavy atom. The number of para-hydroxylation sites is 1. The Bertz CT molecular complexity index is 746. The van der Waals surface area contributed by atoms with Gasteiger partial charge in [0.15, 0.2) is 0 Å². The van der Waals surface area contributed by atoms with Crippen LogP contribution in [0.5, 0.6) is 0 Å². The number of hydrogen-bond donors (Lipinski definition) is 2. The first kappa shape index (κ1) is 11.5. The van der Waals surface area contributed by atoms with Gasteiger partial charge in [-0.05, 0) is 19.1 Å². The summed E-state index contributed by atoms with van der Waals surface area (Å²) in [6.45, 7) is 1.94. The second-order valence-corrected chi connectivity index (χ2v) is 4.37. The lowest BCUT2D eigenvalue weighted by Crippen LogP contribution is -2.01.